The third-order valence-electron chi connectivity index (χ3n) is 13.1. The number of fused-ring (bicyclic) bond motifs is 3. The van der Waals surface area contributed by atoms with E-state index in [9.17, 15) is 0 Å². The summed E-state index contributed by atoms with van der Waals surface area (Å²) in [4.78, 5) is 30.8. The van der Waals surface area contributed by atoms with Gasteiger partial charge in [0.05, 0.1) is 44.5 Å². The molecule has 0 N–H and O–H groups in total. The molecule has 1 aliphatic rings. The van der Waals surface area contributed by atoms with Crippen LogP contribution in [0.25, 0.3) is 118 Å². The van der Waals surface area contributed by atoms with Crippen molar-refractivity contribution in [2.24, 2.45) is 0 Å². The summed E-state index contributed by atoms with van der Waals surface area (Å²) in [7, 11) is 0. The number of alkyl halides is 1. The van der Waals surface area contributed by atoms with Crippen molar-refractivity contribution in [3.8, 4) is 79.7 Å². The predicted molar refractivity (Wildman–Crippen MR) is 278 cm³/mol. The van der Waals surface area contributed by atoms with Gasteiger partial charge in [-0.25, -0.2) is 56.2 Å². The van der Waals surface area contributed by atoms with E-state index in [1.54, 1.807) is 25.8 Å². The third kappa shape index (κ3) is 8.01. The van der Waals surface area contributed by atoms with E-state index in [2.05, 4.69) is 0 Å². The molecule has 0 saturated heterocycles. The number of aromatic nitrogens is 9. The summed E-state index contributed by atoms with van der Waals surface area (Å²) < 4.78 is 95.7. The number of hydrogen-bond acceptors (Lipinski definition) is 6. The van der Waals surface area contributed by atoms with Crippen LogP contribution in [0.15, 0.2) is 200 Å². The lowest BCUT2D eigenvalue weighted by Crippen LogP contribution is -2.08. The topological polar surface area (TPSA) is 92.1 Å². The fourth-order valence-corrected chi connectivity index (χ4v) is 9.93. The second-order valence-corrected chi connectivity index (χ2v) is 17.9. The molecular formula is C60H35F6N9. The zero-order valence-corrected chi connectivity index (χ0v) is 39.1. The minimum atomic E-state index is -1.58. The van der Waals surface area contributed by atoms with Crippen LogP contribution in [0, 0.1) is 23.3 Å². The molecule has 75 heavy (non-hydrogen) atoms. The first kappa shape index (κ1) is 45.1. The van der Waals surface area contributed by atoms with E-state index in [-0.39, 0.29) is 41.0 Å². The van der Waals surface area contributed by atoms with Crippen LogP contribution in [-0.4, -0.2) is 49.8 Å². The standard InChI is InChI=1S/C60H35F6N9/c61-34-25-35(62)29-40(28-34)73-52-22-10-7-19-49(52)67-58(73)46-16-4-1-13-43(46)55-70-56(44-14-2-5-17-47(44)59-68-50-20-8-11-23-53(50)74(59)41-30-36(63)26-37(64)31-41)72-57(71-55)45-15-3-6-18-48(45)60-69-51-21-9-12-24-54(51)75(60)42-32-38(65)27-39(66)33-42/h1-26,28-33,38H,27H2. The quantitative estimate of drug-likeness (QED) is 0.134. The highest BCUT2D eigenvalue weighted by Crippen LogP contribution is 2.41. The zero-order valence-electron chi connectivity index (χ0n) is 39.1. The smallest absolute Gasteiger partial charge is 0.164 e. The van der Waals surface area contributed by atoms with Gasteiger partial charge in [0.2, 0.25) is 0 Å². The van der Waals surface area contributed by atoms with Gasteiger partial charge in [-0.15, -0.1) is 0 Å². The second kappa shape index (κ2) is 18.1. The van der Waals surface area contributed by atoms with Crippen LogP contribution in [0.2, 0.25) is 0 Å². The summed E-state index contributed by atoms with van der Waals surface area (Å²) in [6.07, 6.45) is 0.712. The maximum absolute atomic E-state index is 15.2. The van der Waals surface area contributed by atoms with Gasteiger partial charge in [0.1, 0.15) is 52.7 Å². The Morgan fingerprint density at radius 1 is 0.360 bits per heavy atom. The number of allylic oxidation sites excluding steroid dienone is 4. The normalized spacial score (nSPS) is 13.7. The van der Waals surface area contributed by atoms with Gasteiger partial charge in [0, 0.05) is 57.6 Å². The number of benzene rings is 8. The molecule has 0 aliphatic heterocycles. The van der Waals surface area contributed by atoms with Crippen molar-refractivity contribution >= 4 is 38.8 Å². The van der Waals surface area contributed by atoms with Crippen LogP contribution in [0.1, 0.15) is 6.42 Å². The van der Waals surface area contributed by atoms with E-state index >= 15 is 26.3 Å². The van der Waals surface area contributed by atoms with E-state index < -0.39 is 35.3 Å². The highest BCUT2D eigenvalue weighted by Gasteiger charge is 2.27. The number of halogens is 6. The van der Waals surface area contributed by atoms with Crippen molar-refractivity contribution in [1.29, 1.82) is 0 Å². The van der Waals surface area contributed by atoms with Crippen LogP contribution in [-0.2, 0) is 0 Å². The van der Waals surface area contributed by atoms with E-state index in [0.717, 1.165) is 12.1 Å². The predicted octanol–water partition coefficient (Wildman–Crippen LogP) is 14.9. The molecule has 1 atom stereocenters. The SMILES string of the molecule is FC1=CC(n2c(-c3ccccc3-c3nc(-c4ccccc4-c4nc5ccccc5n4-c4cc(F)cc(F)c4)nc(-c4ccccc4-c4nc5ccccc5n4-c4cc(F)cc(F)c4)n3)nc3ccccc32)=CC(F)C1. The highest BCUT2D eigenvalue weighted by molar-refractivity contribution is 5.93. The van der Waals surface area contributed by atoms with Crippen molar-refractivity contribution in [3.63, 3.8) is 0 Å². The molecule has 4 aromatic heterocycles. The molecule has 0 bridgehead atoms. The summed E-state index contributed by atoms with van der Waals surface area (Å²) >= 11 is 0. The van der Waals surface area contributed by atoms with Gasteiger partial charge in [0.15, 0.2) is 17.5 Å². The van der Waals surface area contributed by atoms with E-state index in [4.69, 9.17) is 29.9 Å². The Morgan fingerprint density at radius 3 is 1.05 bits per heavy atom. The molecule has 0 saturated carbocycles. The first-order valence-corrected chi connectivity index (χ1v) is 23.7. The Balaban J connectivity index is 1.08. The Morgan fingerprint density at radius 2 is 0.680 bits per heavy atom. The second-order valence-electron chi connectivity index (χ2n) is 17.9. The number of nitrogens with zero attached hydrogens (tertiary/aromatic N) is 9. The van der Waals surface area contributed by atoms with Crippen molar-refractivity contribution in [2.45, 2.75) is 12.6 Å². The molecule has 0 radical (unpaired) electrons. The van der Waals surface area contributed by atoms with E-state index in [1.807, 2.05) is 133 Å². The van der Waals surface area contributed by atoms with E-state index in [0.29, 0.717) is 84.0 Å². The van der Waals surface area contributed by atoms with E-state index in [1.165, 1.54) is 36.4 Å². The molecule has 0 amide bonds. The third-order valence-corrected chi connectivity index (χ3v) is 13.1. The Kier molecular flexibility index (Phi) is 10.9. The molecule has 9 nitrogen and oxygen atoms in total. The van der Waals surface area contributed by atoms with Gasteiger partial charge in [-0.05, 0) is 72.8 Å². The molecule has 8 aromatic carbocycles. The number of imidazole rings is 3. The van der Waals surface area contributed by atoms with Gasteiger partial charge < -0.3 is 0 Å². The summed E-state index contributed by atoms with van der Waals surface area (Å²) in [6, 6.07) is 50.1. The Hall–Kier alpha value is -9.76. The Labute approximate surface area is 422 Å². The first-order valence-electron chi connectivity index (χ1n) is 23.7. The van der Waals surface area contributed by atoms with Crippen LogP contribution in [0.3, 0.4) is 0 Å². The molecular weight excluding hydrogens is 961 g/mol. The molecule has 362 valence electrons. The van der Waals surface area contributed by atoms with Crippen molar-refractivity contribution in [1.82, 2.24) is 43.6 Å². The van der Waals surface area contributed by atoms with Crippen molar-refractivity contribution < 1.29 is 26.3 Å². The number of rotatable bonds is 9. The minimum Gasteiger partial charge on any atom is -0.292 e. The molecule has 13 rings (SSSR count). The molecule has 15 heteroatoms. The van der Waals surface area contributed by atoms with Crippen LogP contribution < -0.4 is 0 Å². The van der Waals surface area contributed by atoms with Crippen LogP contribution in [0.4, 0.5) is 26.3 Å². The highest BCUT2D eigenvalue weighted by atomic mass is 19.2. The maximum Gasteiger partial charge on any atom is 0.164 e. The lowest BCUT2D eigenvalue weighted by Gasteiger charge is -2.18. The maximum atomic E-state index is 15.2. The fraction of sp³-hybridized carbons (Fsp3) is 0.0333. The fourth-order valence-electron chi connectivity index (χ4n) is 9.93. The van der Waals surface area contributed by atoms with Gasteiger partial charge in [-0.1, -0.05) is 109 Å². The van der Waals surface area contributed by atoms with Crippen LogP contribution >= 0.6 is 0 Å². The molecule has 1 unspecified atom stereocenters. The van der Waals surface area contributed by atoms with Crippen molar-refractivity contribution in [3.05, 3.63) is 223 Å². The van der Waals surface area contributed by atoms with Gasteiger partial charge in [-0.3, -0.25) is 13.7 Å². The monoisotopic (exact) mass is 995 g/mol. The average molecular weight is 996 g/mol. The molecule has 0 spiro atoms. The summed E-state index contributed by atoms with van der Waals surface area (Å²) in [5.41, 5.74) is 6.98. The summed E-state index contributed by atoms with van der Waals surface area (Å²) in [5.74, 6) is -2.22. The van der Waals surface area contributed by atoms with Crippen LogP contribution in [0.5, 0.6) is 0 Å². The first-order chi connectivity index (χ1) is 36.6. The van der Waals surface area contributed by atoms with Gasteiger partial charge in [-0.2, -0.15) is 0 Å². The largest absolute Gasteiger partial charge is 0.292 e. The van der Waals surface area contributed by atoms with Gasteiger partial charge >= 0.3 is 0 Å². The lowest BCUT2D eigenvalue weighted by molar-refractivity contribution is 0.369. The number of para-hydroxylation sites is 6. The Bertz CT molecular complexity index is 4110. The summed E-state index contributed by atoms with van der Waals surface area (Å²) in [6.45, 7) is 0. The van der Waals surface area contributed by atoms with Gasteiger partial charge in [0.25, 0.3) is 0 Å². The molecule has 1 aliphatic carbocycles. The molecule has 12 aromatic rings. The average Bonchev–Trinajstić information content (AvgIpc) is 4.12. The van der Waals surface area contributed by atoms with Crippen molar-refractivity contribution in [2.75, 3.05) is 0 Å². The number of hydrogen-bond donors (Lipinski definition) is 0. The zero-order chi connectivity index (χ0) is 50.9. The summed E-state index contributed by atoms with van der Waals surface area (Å²) in [5, 5.41) is 0. The lowest BCUT2D eigenvalue weighted by atomic mass is 10.0. The molecule has 0 fully saturated rings. The molecule has 4 heterocycles. The minimum absolute atomic E-state index is 0.161.